The summed E-state index contributed by atoms with van der Waals surface area (Å²) in [7, 11) is 0. The number of hydrogen-bond donors (Lipinski definition) is 0. The molecule has 2 nitrogen and oxygen atoms in total. The first-order valence-electron chi connectivity index (χ1n) is 3.53. The van der Waals surface area contributed by atoms with Gasteiger partial charge in [-0.1, -0.05) is 11.6 Å². The summed E-state index contributed by atoms with van der Waals surface area (Å²) in [6.07, 6.45) is 3.53. The number of fused-ring (bicyclic) bond motifs is 1. The van der Waals surface area contributed by atoms with Gasteiger partial charge in [0.2, 0.25) is 0 Å². The summed E-state index contributed by atoms with van der Waals surface area (Å²) >= 11 is 5.76. The van der Waals surface area contributed by atoms with Crippen molar-refractivity contribution in [3.8, 4) is 0 Å². The molecule has 0 unspecified atom stereocenters. The molecule has 0 spiro atoms. The van der Waals surface area contributed by atoms with Crippen LogP contribution in [0.5, 0.6) is 0 Å². The van der Waals surface area contributed by atoms with Crippen molar-refractivity contribution >= 4 is 17.1 Å². The Morgan fingerprint density at radius 2 is 1.92 bits per heavy atom. The molecule has 12 heavy (non-hydrogen) atoms. The molecule has 0 saturated heterocycles. The molecular formula is C9H6ClNO. The van der Waals surface area contributed by atoms with Gasteiger partial charge in [-0.2, -0.15) is 0 Å². The van der Waals surface area contributed by atoms with Crippen LogP contribution < -0.4 is 5.43 Å². The average molecular weight is 180 g/mol. The molecule has 0 aliphatic heterocycles. The van der Waals surface area contributed by atoms with E-state index in [1.165, 1.54) is 6.07 Å². The number of pyridine rings is 2. The first kappa shape index (κ1) is 7.37. The first-order chi connectivity index (χ1) is 5.75. The molecule has 2 aromatic rings. The lowest BCUT2D eigenvalue weighted by molar-refractivity contribution is 1.15. The van der Waals surface area contributed by atoms with Crippen LogP contribution in [0.3, 0.4) is 0 Å². The van der Waals surface area contributed by atoms with Crippen LogP contribution in [0.25, 0.3) is 5.52 Å². The fourth-order valence-corrected chi connectivity index (χ4v) is 1.27. The minimum atomic E-state index is -0.00253. The SMILES string of the molecule is O=c1ccn2ccc(Cl)cc2c1. The van der Waals surface area contributed by atoms with Crippen LogP contribution in [0, 0.1) is 0 Å². The maximum Gasteiger partial charge on any atom is 0.182 e. The third-order valence-electron chi connectivity index (χ3n) is 1.67. The Morgan fingerprint density at radius 3 is 2.75 bits per heavy atom. The summed E-state index contributed by atoms with van der Waals surface area (Å²) in [4.78, 5) is 10.9. The number of aromatic nitrogens is 1. The number of nitrogens with zero attached hydrogens (tertiary/aromatic N) is 1. The molecule has 0 aromatic carbocycles. The Hall–Kier alpha value is -1.28. The zero-order chi connectivity index (χ0) is 8.55. The molecule has 3 heteroatoms. The quantitative estimate of drug-likeness (QED) is 0.606. The molecule has 2 rings (SSSR count). The zero-order valence-electron chi connectivity index (χ0n) is 6.20. The van der Waals surface area contributed by atoms with Crippen LogP contribution in [-0.2, 0) is 0 Å². The lowest BCUT2D eigenvalue weighted by Gasteiger charge is -1.98. The van der Waals surface area contributed by atoms with Gasteiger partial charge in [-0.15, -0.1) is 0 Å². The summed E-state index contributed by atoms with van der Waals surface area (Å²) in [6.45, 7) is 0. The number of halogens is 1. The molecule has 0 N–H and O–H groups in total. The van der Waals surface area contributed by atoms with Crippen molar-refractivity contribution in [2.45, 2.75) is 0 Å². The molecule has 0 saturated carbocycles. The van der Waals surface area contributed by atoms with Gasteiger partial charge in [-0.25, -0.2) is 0 Å². The van der Waals surface area contributed by atoms with Gasteiger partial charge in [0.15, 0.2) is 5.43 Å². The van der Waals surface area contributed by atoms with Gasteiger partial charge in [0.25, 0.3) is 0 Å². The van der Waals surface area contributed by atoms with Crippen molar-refractivity contribution in [3.63, 3.8) is 0 Å². The largest absolute Gasteiger partial charge is 0.323 e. The van der Waals surface area contributed by atoms with Gasteiger partial charge in [-0.3, -0.25) is 4.79 Å². The van der Waals surface area contributed by atoms with E-state index in [2.05, 4.69) is 0 Å². The van der Waals surface area contributed by atoms with Crippen molar-refractivity contribution in [2.75, 3.05) is 0 Å². The van der Waals surface area contributed by atoms with E-state index in [0.717, 1.165) is 5.52 Å². The van der Waals surface area contributed by atoms with E-state index in [9.17, 15) is 4.79 Å². The van der Waals surface area contributed by atoms with Gasteiger partial charge in [-0.05, 0) is 12.1 Å². The van der Waals surface area contributed by atoms with Crippen molar-refractivity contribution in [3.05, 3.63) is 51.9 Å². The fraction of sp³-hybridized carbons (Fsp3) is 0. The lowest BCUT2D eigenvalue weighted by Crippen LogP contribution is -1.99. The number of hydrogen-bond acceptors (Lipinski definition) is 1. The van der Waals surface area contributed by atoms with Crippen molar-refractivity contribution in [1.29, 1.82) is 0 Å². The second-order valence-corrected chi connectivity index (χ2v) is 2.98. The van der Waals surface area contributed by atoms with Crippen LogP contribution in [-0.4, -0.2) is 4.40 Å². The van der Waals surface area contributed by atoms with Gasteiger partial charge >= 0.3 is 0 Å². The molecule has 0 fully saturated rings. The van der Waals surface area contributed by atoms with Crippen LogP contribution in [0.1, 0.15) is 0 Å². The molecule has 0 aliphatic rings. The van der Waals surface area contributed by atoms with Crippen LogP contribution in [0.15, 0.2) is 41.5 Å². The van der Waals surface area contributed by atoms with E-state index in [1.807, 2.05) is 10.6 Å². The smallest absolute Gasteiger partial charge is 0.182 e. The second-order valence-electron chi connectivity index (χ2n) is 2.54. The molecule has 0 atom stereocenters. The highest BCUT2D eigenvalue weighted by molar-refractivity contribution is 6.30. The molecule has 60 valence electrons. The van der Waals surface area contributed by atoms with Crippen molar-refractivity contribution in [2.24, 2.45) is 0 Å². The van der Waals surface area contributed by atoms with E-state index >= 15 is 0 Å². The Labute approximate surface area is 74.0 Å². The predicted molar refractivity (Wildman–Crippen MR) is 48.7 cm³/mol. The van der Waals surface area contributed by atoms with Crippen LogP contribution in [0.4, 0.5) is 0 Å². The maximum atomic E-state index is 10.9. The van der Waals surface area contributed by atoms with Crippen LogP contribution >= 0.6 is 11.6 Å². The molecule has 2 aromatic heterocycles. The molecule has 2 heterocycles. The minimum Gasteiger partial charge on any atom is -0.323 e. The summed E-state index contributed by atoms with van der Waals surface area (Å²) in [5.41, 5.74) is 0.812. The molecule has 0 radical (unpaired) electrons. The average Bonchev–Trinajstić information content (AvgIpc) is 2.03. The Morgan fingerprint density at radius 1 is 1.17 bits per heavy atom. The molecule has 0 aliphatic carbocycles. The summed E-state index contributed by atoms with van der Waals surface area (Å²) in [5.74, 6) is 0. The van der Waals surface area contributed by atoms with E-state index in [1.54, 1.807) is 24.4 Å². The lowest BCUT2D eigenvalue weighted by atomic mass is 10.3. The predicted octanol–water partition coefficient (Wildman–Crippen LogP) is 1.95. The van der Waals surface area contributed by atoms with Crippen LogP contribution in [0.2, 0.25) is 5.02 Å². The fourth-order valence-electron chi connectivity index (χ4n) is 1.10. The highest BCUT2D eigenvalue weighted by Crippen LogP contribution is 2.09. The molecular weight excluding hydrogens is 174 g/mol. The van der Waals surface area contributed by atoms with E-state index in [-0.39, 0.29) is 5.43 Å². The third kappa shape index (κ3) is 1.21. The third-order valence-corrected chi connectivity index (χ3v) is 1.90. The van der Waals surface area contributed by atoms with Gasteiger partial charge in [0.1, 0.15) is 0 Å². The Kier molecular flexibility index (Phi) is 1.62. The highest BCUT2D eigenvalue weighted by Gasteiger charge is 1.92. The van der Waals surface area contributed by atoms with Crippen molar-refractivity contribution < 1.29 is 0 Å². The maximum absolute atomic E-state index is 10.9. The van der Waals surface area contributed by atoms with Crippen molar-refractivity contribution in [1.82, 2.24) is 4.40 Å². The molecule has 0 amide bonds. The monoisotopic (exact) mass is 179 g/mol. The highest BCUT2D eigenvalue weighted by atomic mass is 35.5. The van der Waals surface area contributed by atoms with Gasteiger partial charge < -0.3 is 4.40 Å². The zero-order valence-corrected chi connectivity index (χ0v) is 6.95. The second kappa shape index (κ2) is 2.64. The normalized spacial score (nSPS) is 10.4. The molecule has 0 bridgehead atoms. The minimum absolute atomic E-state index is 0.00253. The Bertz CT molecular complexity index is 475. The van der Waals surface area contributed by atoms with E-state index in [4.69, 9.17) is 11.6 Å². The Balaban J connectivity index is 2.89. The number of rotatable bonds is 0. The van der Waals surface area contributed by atoms with Gasteiger partial charge in [0, 0.05) is 29.5 Å². The summed E-state index contributed by atoms with van der Waals surface area (Å²) in [6, 6.07) is 6.59. The summed E-state index contributed by atoms with van der Waals surface area (Å²) in [5, 5.41) is 0.639. The van der Waals surface area contributed by atoms with Gasteiger partial charge in [0.05, 0.1) is 5.52 Å². The topological polar surface area (TPSA) is 21.5 Å². The summed E-state index contributed by atoms with van der Waals surface area (Å²) < 4.78 is 1.84. The first-order valence-corrected chi connectivity index (χ1v) is 3.91. The standard InChI is InChI=1S/C9H6ClNO/c10-7-1-3-11-4-2-9(12)6-8(11)5-7/h1-6H. The van der Waals surface area contributed by atoms with E-state index < -0.39 is 0 Å². The van der Waals surface area contributed by atoms with E-state index in [0.29, 0.717) is 5.02 Å².